The van der Waals surface area contributed by atoms with Crippen LogP contribution in [0.25, 0.3) is 10.6 Å². The number of carbonyl (C=O) groups is 1. The van der Waals surface area contributed by atoms with Crippen LogP contribution >= 0.6 is 11.3 Å². The van der Waals surface area contributed by atoms with Crippen molar-refractivity contribution in [3.63, 3.8) is 0 Å². The van der Waals surface area contributed by atoms with E-state index in [2.05, 4.69) is 35.4 Å². The molecule has 0 unspecified atom stereocenters. The molecular formula is C22H24N2O2S. The Morgan fingerprint density at radius 2 is 1.78 bits per heavy atom. The molecule has 0 radical (unpaired) electrons. The van der Waals surface area contributed by atoms with Gasteiger partial charge in [0.2, 0.25) is 0 Å². The number of amides is 1. The summed E-state index contributed by atoms with van der Waals surface area (Å²) in [4.78, 5) is 16.8. The minimum Gasteiger partial charge on any atom is -0.483 e. The molecule has 0 fully saturated rings. The molecule has 1 heterocycles. The molecule has 0 aliphatic heterocycles. The van der Waals surface area contributed by atoms with Crippen LogP contribution in [0.2, 0.25) is 0 Å². The molecule has 1 aromatic heterocycles. The average Bonchev–Trinajstić information content (AvgIpc) is 3.12. The summed E-state index contributed by atoms with van der Waals surface area (Å²) in [5, 5.41) is 5.84. The van der Waals surface area contributed by atoms with Gasteiger partial charge in [-0.15, -0.1) is 11.3 Å². The first-order valence-corrected chi connectivity index (χ1v) is 9.80. The highest BCUT2D eigenvalue weighted by Crippen LogP contribution is 2.27. The number of rotatable bonds is 6. The number of aromatic nitrogens is 1. The van der Waals surface area contributed by atoms with Crippen molar-refractivity contribution < 1.29 is 9.53 Å². The van der Waals surface area contributed by atoms with Crippen LogP contribution in [0.5, 0.6) is 5.75 Å². The van der Waals surface area contributed by atoms with E-state index in [1.54, 1.807) is 11.3 Å². The van der Waals surface area contributed by atoms with E-state index < -0.39 is 0 Å². The molecule has 0 aliphatic carbocycles. The van der Waals surface area contributed by atoms with E-state index in [1.165, 1.54) is 5.56 Å². The van der Waals surface area contributed by atoms with Gasteiger partial charge in [-0.05, 0) is 49.9 Å². The number of thiazole rings is 1. The minimum absolute atomic E-state index is 0.0000783. The Morgan fingerprint density at radius 1 is 1.04 bits per heavy atom. The molecule has 0 atom stereocenters. The van der Waals surface area contributed by atoms with Gasteiger partial charge >= 0.3 is 0 Å². The van der Waals surface area contributed by atoms with Gasteiger partial charge in [-0.1, -0.05) is 36.4 Å². The molecule has 1 amide bonds. The molecule has 3 rings (SSSR count). The Hall–Kier alpha value is -2.66. The van der Waals surface area contributed by atoms with Gasteiger partial charge in [0.1, 0.15) is 10.8 Å². The fourth-order valence-electron chi connectivity index (χ4n) is 2.85. The van der Waals surface area contributed by atoms with Crippen molar-refractivity contribution in [1.82, 2.24) is 10.3 Å². The first-order valence-electron chi connectivity index (χ1n) is 8.92. The fourth-order valence-corrected chi connectivity index (χ4v) is 3.76. The van der Waals surface area contributed by atoms with Crippen molar-refractivity contribution >= 4 is 17.2 Å². The summed E-state index contributed by atoms with van der Waals surface area (Å²) in [6, 6.07) is 12.2. The largest absolute Gasteiger partial charge is 0.483 e. The second kappa shape index (κ2) is 8.35. The van der Waals surface area contributed by atoms with Gasteiger partial charge in [0, 0.05) is 10.9 Å². The first kappa shape index (κ1) is 19.1. The summed E-state index contributed by atoms with van der Waals surface area (Å²) < 4.78 is 5.76. The van der Waals surface area contributed by atoms with Gasteiger partial charge in [0.25, 0.3) is 5.91 Å². The zero-order valence-electron chi connectivity index (χ0n) is 16.1. The van der Waals surface area contributed by atoms with Crippen LogP contribution in [0.1, 0.15) is 27.9 Å². The minimum atomic E-state index is -0.152. The summed E-state index contributed by atoms with van der Waals surface area (Å²) in [5.41, 5.74) is 6.45. The third-order valence-electron chi connectivity index (χ3n) is 4.62. The third kappa shape index (κ3) is 4.55. The highest BCUT2D eigenvalue weighted by Gasteiger charge is 2.11. The number of nitrogens with one attached hydrogen (secondary N) is 1. The molecule has 4 nitrogen and oxygen atoms in total. The molecule has 2 aromatic carbocycles. The predicted octanol–water partition coefficient (Wildman–Crippen LogP) is 4.74. The number of ether oxygens (including phenoxy) is 1. The first-order chi connectivity index (χ1) is 13.0. The lowest BCUT2D eigenvalue weighted by Gasteiger charge is -2.13. The molecule has 0 bridgehead atoms. The van der Waals surface area contributed by atoms with Crippen molar-refractivity contribution in [3.8, 4) is 16.3 Å². The second-order valence-corrected chi connectivity index (χ2v) is 7.54. The summed E-state index contributed by atoms with van der Waals surface area (Å²) in [7, 11) is 0. The van der Waals surface area contributed by atoms with Crippen LogP contribution in [0, 0.1) is 27.7 Å². The Bertz CT molecular complexity index is 963. The molecule has 27 heavy (non-hydrogen) atoms. The highest BCUT2D eigenvalue weighted by molar-refractivity contribution is 7.13. The Kier molecular flexibility index (Phi) is 5.91. The van der Waals surface area contributed by atoms with E-state index in [-0.39, 0.29) is 12.5 Å². The lowest BCUT2D eigenvalue weighted by molar-refractivity contribution is -0.123. The van der Waals surface area contributed by atoms with E-state index >= 15 is 0 Å². The van der Waals surface area contributed by atoms with E-state index in [0.717, 1.165) is 38.7 Å². The van der Waals surface area contributed by atoms with Crippen LogP contribution in [0.15, 0.2) is 41.8 Å². The maximum Gasteiger partial charge on any atom is 0.258 e. The summed E-state index contributed by atoms with van der Waals surface area (Å²) >= 11 is 1.59. The van der Waals surface area contributed by atoms with Crippen LogP contribution in [-0.4, -0.2) is 17.5 Å². The Balaban J connectivity index is 1.56. The fraction of sp³-hybridized carbons (Fsp3) is 0.273. The Labute approximate surface area is 164 Å². The maximum atomic E-state index is 12.2. The lowest BCUT2D eigenvalue weighted by Crippen LogP contribution is -2.28. The van der Waals surface area contributed by atoms with Crippen molar-refractivity contribution in [2.24, 2.45) is 0 Å². The van der Waals surface area contributed by atoms with Gasteiger partial charge < -0.3 is 10.1 Å². The molecule has 1 N–H and O–H groups in total. The summed E-state index contributed by atoms with van der Waals surface area (Å²) in [6.45, 7) is 8.51. The third-order valence-corrected chi connectivity index (χ3v) is 5.54. The molecule has 0 saturated heterocycles. The summed E-state index contributed by atoms with van der Waals surface area (Å²) in [6.07, 6.45) is 0. The second-order valence-electron chi connectivity index (χ2n) is 6.68. The predicted molar refractivity (Wildman–Crippen MR) is 110 cm³/mol. The maximum absolute atomic E-state index is 12.2. The lowest BCUT2D eigenvalue weighted by atomic mass is 10.1. The Morgan fingerprint density at radius 3 is 2.56 bits per heavy atom. The zero-order valence-corrected chi connectivity index (χ0v) is 16.9. The molecular weight excluding hydrogens is 356 g/mol. The van der Waals surface area contributed by atoms with E-state index in [1.807, 2.05) is 44.4 Å². The van der Waals surface area contributed by atoms with Crippen molar-refractivity contribution in [1.29, 1.82) is 0 Å². The van der Waals surface area contributed by atoms with Gasteiger partial charge in [-0.2, -0.15) is 0 Å². The molecule has 0 saturated carbocycles. The van der Waals surface area contributed by atoms with Crippen LogP contribution in [0.4, 0.5) is 0 Å². The molecule has 140 valence electrons. The number of aryl methyl sites for hydroxylation is 3. The van der Waals surface area contributed by atoms with Gasteiger partial charge in [0.15, 0.2) is 6.61 Å². The van der Waals surface area contributed by atoms with Gasteiger partial charge in [0.05, 0.1) is 12.2 Å². The van der Waals surface area contributed by atoms with E-state index in [0.29, 0.717) is 6.54 Å². The van der Waals surface area contributed by atoms with Gasteiger partial charge in [-0.25, -0.2) is 4.98 Å². The SMILES string of the molecule is Cc1ccccc1-c1nc(CNC(=O)COc2c(C)ccc(C)c2C)cs1. The molecule has 0 spiro atoms. The molecule has 0 aliphatic rings. The molecule has 3 aromatic rings. The number of benzene rings is 2. The summed E-state index contributed by atoms with van der Waals surface area (Å²) in [5.74, 6) is 0.640. The number of nitrogens with zero attached hydrogens (tertiary/aromatic N) is 1. The number of hydrogen-bond donors (Lipinski definition) is 1. The normalized spacial score (nSPS) is 10.7. The highest BCUT2D eigenvalue weighted by atomic mass is 32.1. The number of hydrogen-bond acceptors (Lipinski definition) is 4. The zero-order chi connectivity index (χ0) is 19.4. The van der Waals surface area contributed by atoms with E-state index in [9.17, 15) is 4.79 Å². The average molecular weight is 381 g/mol. The number of carbonyl (C=O) groups excluding carboxylic acids is 1. The standard InChI is InChI=1S/C22H24N2O2S/c1-14-9-10-16(3)21(17(14)4)26-12-20(25)23-11-18-13-27-22(24-18)19-8-6-5-7-15(19)2/h5-10,13H,11-12H2,1-4H3,(H,23,25). The van der Waals surface area contributed by atoms with E-state index in [4.69, 9.17) is 4.74 Å². The smallest absolute Gasteiger partial charge is 0.258 e. The van der Waals surface area contributed by atoms with Crippen molar-refractivity contribution in [2.75, 3.05) is 6.61 Å². The van der Waals surface area contributed by atoms with Gasteiger partial charge in [-0.3, -0.25) is 4.79 Å². The quantitative estimate of drug-likeness (QED) is 0.672. The van der Waals surface area contributed by atoms with Crippen LogP contribution in [0.3, 0.4) is 0 Å². The van der Waals surface area contributed by atoms with Crippen molar-refractivity contribution in [3.05, 3.63) is 69.7 Å². The molecule has 5 heteroatoms. The van der Waals surface area contributed by atoms with Crippen molar-refractivity contribution in [2.45, 2.75) is 34.2 Å². The monoisotopic (exact) mass is 380 g/mol. The topological polar surface area (TPSA) is 51.2 Å². The van der Waals surface area contributed by atoms with Crippen LogP contribution in [-0.2, 0) is 11.3 Å². The van der Waals surface area contributed by atoms with Crippen LogP contribution < -0.4 is 10.1 Å².